The van der Waals surface area contributed by atoms with Crippen LogP contribution >= 0.6 is 0 Å². The molecular formula is C17H25Cl3HfN. The number of hydrogen-bond donors (Lipinski definition) is 0. The molecule has 22 heavy (non-hydrogen) atoms. The van der Waals surface area contributed by atoms with E-state index in [9.17, 15) is 0 Å². The van der Waals surface area contributed by atoms with Crippen molar-refractivity contribution in [2.45, 2.75) is 28.1 Å². The Bertz CT molecular complexity index is 469. The molecule has 0 N–H and O–H groups in total. The number of fused-ring (bicyclic) bond motifs is 1. The third kappa shape index (κ3) is 6.65. The van der Waals surface area contributed by atoms with Gasteiger partial charge in [0, 0.05) is 0 Å². The first kappa shape index (κ1) is 24.9. The van der Waals surface area contributed by atoms with Crippen molar-refractivity contribution in [2.24, 2.45) is 5.41 Å². The number of nitrogens with zero attached hydrogens (tertiary/aromatic N) is 1. The van der Waals surface area contributed by atoms with Crippen LogP contribution in [0.2, 0.25) is 3.67 Å². The van der Waals surface area contributed by atoms with E-state index in [-0.39, 0.29) is 37.2 Å². The predicted octanol–water partition coefficient (Wildman–Crippen LogP) is -4.75. The van der Waals surface area contributed by atoms with Gasteiger partial charge in [-0.05, 0) is 0 Å². The second kappa shape index (κ2) is 10.5. The molecule has 0 spiro atoms. The molecule has 0 aliphatic heterocycles. The number of hydrogen-bond acceptors (Lipinski definition) is 1. The summed E-state index contributed by atoms with van der Waals surface area (Å²) in [6.45, 7) is 8.50. The average molecular weight is 528 g/mol. The van der Waals surface area contributed by atoms with Crippen molar-refractivity contribution in [1.29, 1.82) is 0 Å². The summed E-state index contributed by atoms with van der Waals surface area (Å²) in [7, 11) is 4.42. The van der Waals surface area contributed by atoms with Crippen molar-refractivity contribution in [3.05, 3.63) is 41.5 Å². The van der Waals surface area contributed by atoms with Crippen LogP contribution < -0.4 is 37.2 Å². The van der Waals surface area contributed by atoms with E-state index in [2.05, 4.69) is 76.2 Å². The summed E-state index contributed by atoms with van der Waals surface area (Å²) < 4.78 is 1.70. The van der Waals surface area contributed by atoms with Crippen LogP contribution in [-0.4, -0.2) is 25.5 Å². The molecular weight excluding hydrogens is 503 g/mol. The number of rotatable bonds is 4. The van der Waals surface area contributed by atoms with Gasteiger partial charge in [-0.25, -0.2) is 0 Å². The smallest absolute Gasteiger partial charge is 1.00 e. The molecule has 2 unspecified atom stereocenters. The number of allylic oxidation sites excluding steroid dienone is 1. The van der Waals surface area contributed by atoms with Crippen LogP contribution in [0.3, 0.4) is 0 Å². The fourth-order valence-electron chi connectivity index (χ4n) is 2.55. The molecule has 0 saturated heterocycles. The molecule has 2 atom stereocenters. The zero-order chi connectivity index (χ0) is 14.0. The predicted molar refractivity (Wildman–Crippen MR) is 80.0 cm³/mol. The summed E-state index contributed by atoms with van der Waals surface area (Å²) in [5.41, 5.74) is 3.50. The molecule has 0 heterocycles. The van der Waals surface area contributed by atoms with Crippen LogP contribution in [0.15, 0.2) is 30.3 Å². The topological polar surface area (TPSA) is 3.24 Å². The quantitative estimate of drug-likeness (QED) is 0.356. The van der Waals surface area contributed by atoms with Gasteiger partial charge < -0.3 is 37.2 Å². The zero-order valence-corrected chi connectivity index (χ0v) is 19.8. The Balaban J connectivity index is 0. The number of benzene rings is 1. The van der Waals surface area contributed by atoms with E-state index in [1.165, 1.54) is 12.1 Å². The van der Waals surface area contributed by atoms with Crippen molar-refractivity contribution in [3.63, 3.8) is 0 Å². The summed E-state index contributed by atoms with van der Waals surface area (Å²) in [5.74, 6) is 0. The molecule has 2 rings (SSSR count). The summed E-state index contributed by atoms with van der Waals surface area (Å²) in [4.78, 5) is 2.37. The molecule has 1 nitrogen and oxygen atoms in total. The van der Waals surface area contributed by atoms with Crippen LogP contribution in [0, 0.1) is 5.41 Å². The summed E-state index contributed by atoms with van der Waals surface area (Å²) in [5, 5.41) is 0. The van der Waals surface area contributed by atoms with Gasteiger partial charge in [0.05, 0.1) is 0 Å². The molecule has 1 aliphatic rings. The number of halogens is 3. The molecule has 1 aromatic rings. The molecule has 0 fully saturated rings. The molecule has 5 heteroatoms. The van der Waals surface area contributed by atoms with Crippen molar-refractivity contribution in [2.75, 3.05) is 20.6 Å². The minimum absolute atomic E-state index is 0. The van der Waals surface area contributed by atoms with Gasteiger partial charge in [0.1, 0.15) is 0 Å². The van der Waals surface area contributed by atoms with Gasteiger partial charge in [0.25, 0.3) is 0 Å². The molecule has 1 aromatic carbocycles. The van der Waals surface area contributed by atoms with Crippen molar-refractivity contribution in [3.8, 4) is 0 Å². The van der Waals surface area contributed by atoms with Gasteiger partial charge in [0.2, 0.25) is 0 Å². The zero-order valence-electron chi connectivity index (χ0n) is 13.9. The Kier molecular flexibility index (Phi) is 11.9. The van der Waals surface area contributed by atoms with E-state index in [1.807, 2.05) is 0 Å². The maximum Gasteiger partial charge on any atom is -1.00 e. The fourth-order valence-corrected chi connectivity index (χ4v) is 9.93. The Morgan fingerprint density at radius 3 is 2.23 bits per heavy atom. The van der Waals surface area contributed by atoms with Gasteiger partial charge in [0.15, 0.2) is 0 Å². The van der Waals surface area contributed by atoms with Crippen molar-refractivity contribution in [1.82, 2.24) is 4.90 Å². The van der Waals surface area contributed by atoms with E-state index in [0.717, 1.165) is 7.35 Å². The Labute approximate surface area is 165 Å². The summed E-state index contributed by atoms with van der Waals surface area (Å²) in [6, 6.07) is 8.94. The van der Waals surface area contributed by atoms with E-state index in [0.29, 0.717) is 5.41 Å². The van der Waals surface area contributed by atoms with E-state index >= 15 is 0 Å². The molecule has 0 saturated carbocycles. The molecule has 0 bridgehead atoms. The Morgan fingerprint density at radius 1 is 1.09 bits per heavy atom. The minimum atomic E-state index is -0.753. The van der Waals surface area contributed by atoms with Crippen LogP contribution in [0.1, 0.15) is 35.6 Å². The first-order chi connectivity index (χ1) is 8.88. The third-order valence-electron chi connectivity index (χ3n) is 3.77. The maximum absolute atomic E-state index is 2.47. The molecule has 0 aromatic heterocycles. The molecule has 1 aliphatic carbocycles. The first-order valence-electron chi connectivity index (χ1n) is 7.06. The monoisotopic (exact) mass is 528 g/mol. The molecule has 123 valence electrons. The third-order valence-corrected chi connectivity index (χ3v) is 12.1. The van der Waals surface area contributed by atoms with Crippen LogP contribution in [0.5, 0.6) is 0 Å². The van der Waals surface area contributed by atoms with Gasteiger partial charge in [-0.2, -0.15) is 0 Å². The SMILES string of the molecule is CN(C)C[CH]([Hf+3][CH]1C=Cc2ccccc21)C(C)(C)C.[Cl-].[Cl-].[Cl-]. The van der Waals surface area contributed by atoms with Crippen molar-refractivity contribution < 1.29 is 60.1 Å². The maximum atomic E-state index is 2.47. The Morgan fingerprint density at radius 2 is 1.68 bits per heavy atom. The van der Waals surface area contributed by atoms with Crippen LogP contribution in [-0.2, 0) is 22.9 Å². The Hall–Kier alpha value is 0.660. The fraction of sp³-hybridized carbons (Fsp3) is 0.529. The van der Waals surface area contributed by atoms with E-state index in [1.54, 1.807) is 5.56 Å². The second-order valence-corrected chi connectivity index (χ2v) is 12.7. The summed E-state index contributed by atoms with van der Waals surface area (Å²) in [6.07, 6.45) is 4.81. The van der Waals surface area contributed by atoms with Crippen LogP contribution in [0.25, 0.3) is 6.08 Å². The van der Waals surface area contributed by atoms with E-state index in [4.69, 9.17) is 0 Å². The van der Waals surface area contributed by atoms with Gasteiger partial charge >= 0.3 is 130 Å². The van der Waals surface area contributed by atoms with E-state index < -0.39 is 22.9 Å². The normalized spacial score (nSPS) is 16.7. The van der Waals surface area contributed by atoms with Gasteiger partial charge in [-0.3, -0.25) is 0 Å². The molecule has 0 amide bonds. The second-order valence-electron chi connectivity index (χ2n) is 6.81. The van der Waals surface area contributed by atoms with Crippen molar-refractivity contribution >= 4 is 6.08 Å². The average Bonchev–Trinajstić information content (AvgIpc) is 2.70. The first-order valence-corrected chi connectivity index (χ1v) is 11.2. The summed E-state index contributed by atoms with van der Waals surface area (Å²) >= 11 is -0.753. The van der Waals surface area contributed by atoms with Gasteiger partial charge in [-0.1, -0.05) is 0 Å². The molecule has 0 radical (unpaired) electrons. The standard InChI is InChI=1S/C9H7.C8H18N.3ClH.Hf/c1-2-5-9-7-3-6-8(9)4-1;1-8(2,3)6-7-9(4)5;;;;/h1-7H;6H,7H2,1-5H3;3*1H;/q;;;;;+3/p-3. The van der Waals surface area contributed by atoms with Crippen LogP contribution in [0.4, 0.5) is 0 Å². The largest absolute Gasteiger partial charge is 1.00 e. The minimum Gasteiger partial charge on any atom is -1.00 e. The van der Waals surface area contributed by atoms with Gasteiger partial charge in [-0.15, -0.1) is 0 Å².